The Hall–Kier alpha value is -2.70. The number of hydrogen-bond acceptors (Lipinski definition) is 3. The first-order chi connectivity index (χ1) is 11.0. The van der Waals surface area contributed by atoms with E-state index in [4.69, 9.17) is 0 Å². The summed E-state index contributed by atoms with van der Waals surface area (Å²) in [6.45, 7) is 0.748. The second-order valence-corrected chi connectivity index (χ2v) is 5.69. The predicted molar refractivity (Wildman–Crippen MR) is 81.8 cm³/mol. The largest absolute Gasteiger partial charge is 0.338 e. The first-order valence-electron chi connectivity index (χ1n) is 7.33. The summed E-state index contributed by atoms with van der Waals surface area (Å²) in [6, 6.07) is 6.02. The molecule has 7 heteroatoms. The van der Waals surface area contributed by atoms with Crippen molar-refractivity contribution in [3.05, 3.63) is 48.0 Å². The van der Waals surface area contributed by atoms with E-state index in [0.717, 1.165) is 5.56 Å². The molecule has 6 nitrogen and oxygen atoms in total. The maximum absolute atomic E-state index is 12.9. The molecule has 0 radical (unpaired) electrons. The van der Waals surface area contributed by atoms with Crippen molar-refractivity contribution in [2.75, 3.05) is 11.9 Å². The fourth-order valence-corrected chi connectivity index (χ4v) is 2.64. The number of carbonyl (C=O) groups is 2. The lowest BCUT2D eigenvalue weighted by Crippen LogP contribution is -2.28. The Bertz CT molecular complexity index is 726. The summed E-state index contributed by atoms with van der Waals surface area (Å²) in [5.41, 5.74) is 1.45. The van der Waals surface area contributed by atoms with Crippen LogP contribution in [0.2, 0.25) is 0 Å². The normalized spacial score (nSPS) is 17.6. The molecular weight excluding hydrogens is 299 g/mol. The van der Waals surface area contributed by atoms with Crippen LogP contribution in [0.3, 0.4) is 0 Å². The molecule has 23 heavy (non-hydrogen) atoms. The van der Waals surface area contributed by atoms with Crippen LogP contribution in [-0.2, 0) is 23.2 Å². The smallest absolute Gasteiger partial charge is 0.229 e. The Morgan fingerprint density at radius 3 is 2.78 bits per heavy atom. The predicted octanol–water partition coefficient (Wildman–Crippen LogP) is 1.55. The number of rotatable bonds is 4. The number of aryl methyl sites for hydroxylation is 1. The Morgan fingerprint density at radius 1 is 1.39 bits per heavy atom. The van der Waals surface area contributed by atoms with Crippen molar-refractivity contribution in [3.8, 4) is 0 Å². The van der Waals surface area contributed by atoms with E-state index in [0.29, 0.717) is 18.8 Å². The summed E-state index contributed by atoms with van der Waals surface area (Å²) in [7, 11) is 1.76. The van der Waals surface area contributed by atoms with Gasteiger partial charge in [0.1, 0.15) is 5.82 Å². The van der Waals surface area contributed by atoms with E-state index in [1.54, 1.807) is 41.2 Å². The molecule has 1 aromatic carbocycles. The molecule has 0 spiro atoms. The van der Waals surface area contributed by atoms with Crippen LogP contribution in [0.4, 0.5) is 10.1 Å². The van der Waals surface area contributed by atoms with Crippen molar-refractivity contribution in [1.29, 1.82) is 0 Å². The summed E-state index contributed by atoms with van der Waals surface area (Å²) >= 11 is 0. The Morgan fingerprint density at radius 2 is 2.13 bits per heavy atom. The van der Waals surface area contributed by atoms with Gasteiger partial charge in [-0.2, -0.15) is 5.10 Å². The monoisotopic (exact) mass is 316 g/mol. The van der Waals surface area contributed by atoms with Gasteiger partial charge < -0.3 is 10.2 Å². The molecule has 1 atom stereocenters. The van der Waals surface area contributed by atoms with Gasteiger partial charge >= 0.3 is 0 Å². The molecule has 2 amide bonds. The molecule has 0 bridgehead atoms. The van der Waals surface area contributed by atoms with Crippen molar-refractivity contribution in [2.24, 2.45) is 13.0 Å². The van der Waals surface area contributed by atoms with Crippen molar-refractivity contribution in [2.45, 2.75) is 13.0 Å². The maximum Gasteiger partial charge on any atom is 0.229 e. The molecule has 1 aliphatic rings. The molecule has 1 fully saturated rings. The molecule has 2 heterocycles. The van der Waals surface area contributed by atoms with Gasteiger partial charge in [-0.1, -0.05) is 12.1 Å². The Balaban J connectivity index is 1.60. The molecule has 0 saturated carbocycles. The number of carbonyl (C=O) groups excluding carboxylic acids is 2. The Labute approximate surface area is 132 Å². The van der Waals surface area contributed by atoms with Crippen LogP contribution in [0, 0.1) is 11.7 Å². The number of benzene rings is 1. The highest BCUT2D eigenvalue weighted by molar-refractivity contribution is 5.97. The summed E-state index contributed by atoms with van der Waals surface area (Å²) in [5, 5.41) is 6.75. The number of amides is 2. The van der Waals surface area contributed by atoms with E-state index in [-0.39, 0.29) is 30.0 Å². The molecule has 0 aliphatic carbocycles. The minimum absolute atomic E-state index is 0.0688. The minimum Gasteiger partial charge on any atom is -0.338 e. The first-order valence-corrected chi connectivity index (χ1v) is 7.33. The summed E-state index contributed by atoms with van der Waals surface area (Å²) in [4.78, 5) is 25.9. The van der Waals surface area contributed by atoms with Crippen LogP contribution in [0.25, 0.3) is 0 Å². The van der Waals surface area contributed by atoms with Gasteiger partial charge in [-0.05, 0) is 17.7 Å². The van der Waals surface area contributed by atoms with Gasteiger partial charge in [0.2, 0.25) is 11.8 Å². The van der Waals surface area contributed by atoms with E-state index >= 15 is 0 Å². The molecule has 1 N–H and O–H groups in total. The number of likely N-dealkylation sites (tertiary alicyclic amines) is 1. The van der Waals surface area contributed by atoms with Crippen molar-refractivity contribution in [1.82, 2.24) is 14.7 Å². The number of hydrogen-bond donors (Lipinski definition) is 1. The lowest BCUT2D eigenvalue weighted by atomic mass is 10.1. The fraction of sp³-hybridized carbons (Fsp3) is 0.312. The molecular formula is C16H17FN4O2. The lowest BCUT2D eigenvalue weighted by Gasteiger charge is -2.16. The van der Waals surface area contributed by atoms with Crippen LogP contribution in [0.15, 0.2) is 36.7 Å². The van der Waals surface area contributed by atoms with Crippen LogP contribution in [0.5, 0.6) is 0 Å². The number of nitrogens with one attached hydrogen (secondary N) is 1. The molecule has 1 aliphatic heterocycles. The lowest BCUT2D eigenvalue weighted by molar-refractivity contribution is -0.128. The van der Waals surface area contributed by atoms with E-state index in [2.05, 4.69) is 10.4 Å². The zero-order valence-corrected chi connectivity index (χ0v) is 12.7. The number of anilines is 1. The number of halogens is 1. The van der Waals surface area contributed by atoms with Gasteiger partial charge in [0, 0.05) is 32.8 Å². The standard InChI is InChI=1S/C16H17FN4O2/c1-20-10-14(7-18-20)19-16(23)12-6-15(22)21(9-12)8-11-2-4-13(17)5-3-11/h2-5,7,10,12H,6,8-9H2,1H3,(H,19,23)/t12-/m0/s1. The topological polar surface area (TPSA) is 67.2 Å². The third kappa shape index (κ3) is 3.56. The minimum atomic E-state index is -0.386. The molecule has 1 aromatic heterocycles. The van der Waals surface area contributed by atoms with Gasteiger partial charge in [0.25, 0.3) is 0 Å². The van der Waals surface area contributed by atoms with E-state index in [1.807, 2.05) is 0 Å². The average Bonchev–Trinajstić information content (AvgIpc) is 3.08. The zero-order valence-electron chi connectivity index (χ0n) is 12.7. The van der Waals surface area contributed by atoms with Crippen LogP contribution >= 0.6 is 0 Å². The SMILES string of the molecule is Cn1cc(NC(=O)[C@H]2CC(=O)N(Cc3ccc(F)cc3)C2)cn1. The van der Waals surface area contributed by atoms with Crippen LogP contribution in [-0.4, -0.2) is 33.0 Å². The number of nitrogens with zero attached hydrogens (tertiary/aromatic N) is 3. The molecule has 3 rings (SSSR count). The van der Waals surface area contributed by atoms with Crippen LogP contribution < -0.4 is 5.32 Å². The molecule has 0 unspecified atom stereocenters. The third-order valence-corrected chi connectivity index (χ3v) is 3.84. The van der Waals surface area contributed by atoms with Gasteiger partial charge in [0.05, 0.1) is 17.8 Å². The highest BCUT2D eigenvalue weighted by Crippen LogP contribution is 2.22. The number of aromatic nitrogens is 2. The van der Waals surface area contributed by atoms with Crippen molar-refractivity contribution < 1.29 is 14.0 Å². The maximum atomic E-state index is 12.9. The van der Waals surface area contributed by atoms with Crippen LogP contribution in [0.1, 0.15) is 12.0 Å². The van der Waals surface area contributed by atoms with Crippen molar-refractivity contribution in [3.63, 3.8) is 0 Å². The van der Waals surface area contributed by atoms with Gasteiger partial charge in [0.15, 0.2) is 0 Å². The van der Waals surface area contributed by atoms with Crippen molar-refractivity contribution >= 4 is 17.5 Å². The first kappa shape index (κ1) is 15.2. The van der Waals surface area contributed by atoms with E-state index in [1.165, 1.54) is 12.1 Å². The average molecular weight is 316 g/mol. The highest BCUT2D eigenvalue weighted by atomic mass is 19.1. The van der Waals surface area contributed by atoms with E-state index in [9.17, 15) is 14.0 Å². The Kier molecular flexibility index (Phi) is 4.10. The van der Waals surface area contributed by atoms with Gasteiger partial charge in [-0.15, -0.1) is 0 Å². The second kappa shape index (κ2) is 6.20. The zero-order chi connectivity index (χ0) is 16.4. The van der Waals surface area contributed by atoms with Gasteiger partial charge in [-0.25, -0.2) is 4.39 Å². The fourth-order valence-electron chi connectivity index (χ4n) is 2.64. The molecule has 2 aromatic rings. The second-order valence-electron chi connectivity index (χ2n) is 5.69. The highest BCUT2D eigenvalue weighted by Gasteiger charge is 2.34. The summed E-state index contributed by atoms with van der Waals surface area (Å²) in [6.07, 6.45) is 3.45. The van der Waals surface area contributed by atoms with E-state index < -0.39 is 0 Å². The van der Waals surface area contributed by atoms with Gasteiger partial charge in [-0.3, -0.25) is 14.3 Å². The third-order valence-electron chi connectivity index (χ3n) is 3.84. The molecule has 1 saturated heterocycles. The summed E-state index contributed by atoms with van der Waals surface area (Å²) in [5.74, 6) is -0.952. The quantitative estimate of drug-likeness (QED) is 0.930. The molecule has 120 valence electrons. The summed E-state index contributed by atoms with van der Waals surface area (Å²) < 4.78 is 14.5.